The maximum Gasteiger partial charge on any atom is 0.338 e. The van der Waals surface area contributed by atoms with E-state index in [-0.39, 0.29) is 36.0 Å². The fourth-order valence-electron chi connectivity index (χ4n) is 8.98. The lowest BCUT2D eigenvalue weighted by molar-refractivity contribution is -0.141. The molecule has 5 heteroatoms. The molecule has 5 nitrogen and oxygen atoms in total. The van der Waals surface area contributed by atoms with Gasteiger partial charge in [-0.1, -0.05) is 202 Å². The molecule has 1 aliphatic heterocycles. The summed E-state index contributed by atoms with van der Waals surface area (Å²) in [6.07, 6.45) is 36.0. The van der Waals surface area contributed by atoms with Crippen molar-refractivity contribution in [2.75, 3.05) is 6.61 Å². The summed E-state index contributed by atoms with van der Waals surface area (Å²) < 4.78 is 17.8. The molecule has 4 atom stereocenters. The van der Waals surface area contributed by atoms with Crippen LogP contribution in [0.15, 0.2) is 91.0 Å². The standard InChI is InChI=1S/C53H74O5/c1-2-3-4-5-6-7-8-9-10-11-12-13-14-15-16-17-18-19-20-21-23-29-43-30-28-33-47(40-43)56-39-27-26-34-48-49-41-52(54)57-51(49)42-50(48)58-53(55)46-37-35-45(36-38-46)44-31-24-22-25-32-44/h22,24-26,28,30-38,40,48-51H,2-21,23,27,29,39,41-42H2,1H3/b34-26+/t48-,49-,50-,51+/m1/s1. The summed E-state index contributed by atoms with van der Waals surface area (Å²) in [5.41, 5.74) is 4.02. The van der Waals surface area contributed by atoms with E-state index in [4.69, 9.17) is 14.2 Å². The predicted molar refractivity (Wildman–Crippen MR) is 239 cm³/mol. The number of aryl methyl sites for hydroxylation is 1. The minimum Gasteiger partial charge on any atom is -0.493 e. The van der Waals surface area contributed by atoms with E-state index in [9.17, 15) is 9.59 Å². The van der Waals surface area contributed by atoms with Gasteiger partial charge in [0.05, 0.1) is 18.6 Å². The van der Waals surface area contributed by atoms with Crippen LogP contribution in [0.3, 0.4) is 0 Å². The third-order valence-corrected chi connectivity index (χ3v) is 12.4. The maximum absolute atomic E-state index is 13.2. The molecular formula is C53H74O5. The maximum atomic E-state index is 13.2. The number of carbonyl (C=O) groups is 2. The lowest BCUT2D eigenvalue weighted by Crippen LogP contribution is -2.24. The van der Waals surface area contributed by atoms with Crippen molar-refractivity contribution < 1.29 is 23.8 Å². The third-order valence-electron chi connectivity index (χ3n) is 12.4. The number of carbonyl (C=O) groups excluding carboxylic acids is 2. The molecule has 5 rings (SSSR count). The first-order valence-corrected chi connectivity index (χ1v) is 23.5. The topological polar surface area (TPSA) is 61.8 Å². The van der Waals surface area contributed by atoms with Crippen molar-refractivity contribution >= 4 is 11.9 Å². The van der Waals surface area contributed by atoms with E-state index in [0.717, 1.165) is 29.7 Å². The highest BCUT2D eigenvalue weighted by atomic mass is 16.6. The van der Waals surface area contributed by atoms with Gasteiger partial charge in [-0.05, 0) is 60.2 Å². The number of benzene rings is 3. The van der Waals surface area contributed by atoms with Crippen molar-refractivity contribution in [2.24, 2.45) is 11.8 Å². The van der Waals surface area contributed by atoms with Crippen molar-refractivity contribution in [1.29, 1.82) is 0 Å². The first kappa shape index (κ1) is 45.2. The number of ether oxygens (including phenoxy) is 3. The summed E-state index contributed by atoms with van der Waals surface area (Å²) in [5, 5.41) is 0. The highest BCUT2D eigenvalue weighted by Gasteiger charge is 2.50. The van der Waals surface area contributed by atoms with Crippen LogP contribution < -0.4 is 4.74 Å². The molecule has 0 N–H and O–H groups in total. The van der Waals surface area contributed by atoms with E-state index in [1.165, 1.54) is 140 Å². The minimum atomic E-state index is -0.344. The van der Waals surface area contributed by atoms with Crippen molar-refractivity contribution in [3.63, 3.8) is 0 Å². The van der Waals surface area contributed by atoms with Crippen LogP contribution in [0, 0.1) is 11.8 Å². The Hall–Kier alpha value is -3.86. The van der Waals surface area contributed by atoms with Crippen LogP contribution in [0.4, 0.5) is 0 Å². The van der Waals surface area contributed by atoms with Crippen molar-refractivity contribution in [3.8, 4) is 16.9 Å². The van der Waals surface area contributed by atoms with E-state index in [1.807, 2.05) is 48.5 Å². The molecule has 0 amide bonds. The van der Waals surface area contributed by atoms with E-state index in [2.05, 4.69) is 49.4 Å². The third kappa shape index (κ3) is 16.4. The van der Waals surface area contributed by atoms with Gasteiger partial charge in [0.2, 0.25) is 0 Å². The molecule has 316 valence electrons. The fourth-order valence-corrected chi connectivity index (χ4v) is 8.98. The number of rotatable bonds is 30. The second kappa shape index (κ2) is 27.0. The fraction of sp³-hybridized carbons (Fsp3) is 0.585. The van der Waals surface area contributed by atoms with Gasteiger partial charge in [-0.25, -0.2) is 4.79 Å². The van der Waals surface area contributed by atoms with Crippen LogP contribution >= 0.6 is 0 Å². The molecular weight excluding hydrogens is 717 g/mol. The van der Waals surface area contributed by atoms with Gasteiger partial charge in [0.25, 0.3) is 0 Å². The number of esters is 2. The average Bonchev–Trinajstić information content (AvgIpc) is 3.76. The van der Waals surface area contributed by atoms with Gasteiger partial charge in [0.15, 0.2) is 0 Å². The summed E-state index contributed by atoms with van der Waals surface area (Å²) in [6, 6.07) is 26.2. The molecule has 58 heavy (non-hydrogen) atoms. The SMILES string of the molecule is CCCCCCCCCCCCCCCCCCCCCCCc1cccc(OCC/C=C/[C@@H]2[C@H]3CC(=O)O[C@H]3C[C@H]2OC(=O)c2ccc(-c3ccccc3)cc2)c1. The zero-order valence-electron chi connectivity index (χ0n) is 35.9. The van der Waals surface area contributed by atoms with Gasteiger partial charge in [-0.2, -0.15) is 0 Å². The minimum absolute atomic E-state index is 0.0263. The second-order valence-corrected chi connectivity index (χ2v) is 17.1. The van der Waals surface area contributed by atoms with Crippen LogP contribution in [-0.4, -0.2) is 30.8 Å². The van der Waals surface area contributed by atoms with Crippen LogP contribution in [0.2, 0.25) is 0 Å². The van der Waals surface area contributed by atoms with Gasteiger partial charge < -0.3 is 14.2 Å². The molecule has 0 bridgehead atoms. The number of unbranched alkanes of at least 4 members (excludes halogenated alkanes) is 20. The Bertz CT molecular complexity index is 1600. The Kier molecular flexibility index (Phi) is 21.1. The molecule has 0 radical (unpaired) electrons. The predicted octanol–water partition coefficient (Wildman–Crippen LogP) is 14.6. The largest absolute Gasteiger partial charge is 0.493 e. The molecule has 1 saturated carbocycles. The molecule has 1 saturated heterocycles. The Morgan fingerprint density at radius 3 is 1.84 bits per heavy atom. The highest BCUT2D eigenvalue weighted by Crippen LogP contribution is 2.44. The molecule has 2 fully saturated rings. The van der Waals surface area contributed by atoms with Crippen LogP contribution in [0.5, 0.6) is 5.75 Å². The zero-order chi connectivity index (χ0) is 40.5. The summed E-state index contributed by atoms with van der Waals surface area (Å²) in [6.45, 7) is 2.86. The van der Waals surface area contributed by atoms with Gasteiger partial charge in [-0.15, -0.1) is 0 Å². The molecule has 3 aromatic rings. The molecule has 0 aromatic heterocycles. The van der Waals surface area contributed by atoms with Gasteiger partial charge >= 0.3 is 11.9 Å². The van der Waals surface area contributed by atoms with Crippen LogP contribution in [0.1, 0.15) is 177 Å². The lowest BCUT2D eigenvalue weighted by Gasteiger charge is -2.20. The Morgan fingerprint density at radius 2 is 1.24 bits per heavy atom. The van der Waals surface area contributed by atoms with Gasteiger partial charge in [0.1, 0.15) is 18.0 Å². The molecule has 0 unspecified atom stereocenters. The van der Waals surface area contributed by atoms with Gasteiger partial charge in [-0.3, -0.25) is 4.79 Å². The number of hydrogen-bond donors (Lipinski definition) is 0. The first-order chi connectivity index (χ1) is 28.6. The van der Waals surface area contributed by atoms with E-state index in [1.54, 1.807) is 0 Å². The van der Waals surface area contributed by atoms with E-state index in [0.29, 0.717) is 25.0 Å². The van der Waals surface area contributed by atoms with Crippen molar-refractivity contribution in [3.05, 3.63) is 102 Å². The summed E-state index contributed by atoms with van der Waals surface area (Å²) in [5.74, 6) is 0.362. The highest BCUT2D eigenvalue weighted by molar-refractivity contribution is 5.90. The Labute approximate surface area is 351 Å². The smallest absolute Gasteiger partial charge is 0.338 e. The molecule has 3 aromatic carbocycles. The van der Waals surface area contributed by atoms with Gasteiger partial charge in [0, 0.05) is 18.3 Å². The van der Waals surface area contributed by atoms with E-state index < -0.39 is 0 Å². The molecule has 2 aliphatic rings. The zero-order valence-corrected chi connectivity index (χ0v) is 35.9. The van der Waals surface area contributed by atoms with Crippen molar-refractivity contribution in [2.45, 2.75) is 180 Å². The average molecular weight is 791 g/mol. The van der Waals surface area contributed by atoms with Crippen molar-refractivity contribution in [1.82, 2.24) is 0 Å². The normalized spacial score (nSPS) is 18.7. The second-order valence-electron chi connectivity index (χ2n) is 17.1. The Morgan fingerprint density at radius 1 is 0.672 bits per heavy atom. The van der Waals surface area contributed by atoms with E-state index >= 15 is 0 Å². The van der Waals surface area contributed by atoms with Crippen LogP contribution in [0.25, 0.3) is 11.1 Å². The molecule has 1 aliphatic carbocycles. The summed E-state index contributed by atoms with van der Waals surface area (Å²) in [4.78, 5) is 25.3. The number of hydrogen-bond acceptors (Lipinski definition) is 5. The number of fused-ring (bicyclic) bond motifs is 1. The van der Waals surface area contributed by atoms with Crippen LogP contribution in [-0.2, 0) is 20.7 Å². The Balaban J connectivity index is 0.890. The lowest BCUT2D eigenvalue weighted by atomic mass is 9.91. The summed E-state index contributed by atoms with van der Waals surface area (Å²) >= 11 is 0. The molecule has 1 heterocycles. The molecule has 0 spiro atoms. The first-order valence-electron chi connectivity index (χ1n) is 23.5. The monoisotopic (exact) mass is 791 g/mol. The summed E-state index contributed by atoms with van der Waals surface area (Å²) in [7, 11) is 0. The quantitative estimate of drug-likeness (QED) is 0.0382.